The molecule has 3 nitrogen and oxygen atoms in total. The first kappa shape index (κ1) is 18.0. The van der Waals surface area contributed by atoms with E-state index in [-0.39, 0.29) is 23.3 Å². The van der Waals surface area contributed by atoms with Crippen LogP contribution in [0.2, 0.25) is 0 Å². The van der Waals surface area contributed by atoms with Gasteiger partial charge in [0.15, 0.2) is 12.0 Å². The van der Waals surface area contributed by atoms with E-state index in [4.69, 9.17) is 4.74 Å². The van der Waals surface area contributed by atoms with E-state index in [9.17, 15) is 4.79 Å². The number of carbonyl (C=O) groups is 1. The molecule has 0 saturated heterocycles. The van der Waals surface area contributed by atoms with Gasteiger partial charge in [-0.1, -0.05) is 60.1 Å². The summed E-state index contributed by atoms with van der Waals surface area (Å²) in [5, 5.41) is 0. The van der Waals surface area contributed by atoms with Crippen LogP contribution in [0, 0.1) is 5.41 Å². The van der Waals surface area contributed by atoms with Crippen LogP contribution < -0.4 is 4.90 Å². The number of ketones is 1. The van der Waals surface area contributed by atoms with E-state index in [1.165, 1.54) is 16.8 Å². The first-order valence-corrected chi connectivity index (χ1v) is 10.7. The molecular weight excluding hydrogens is 414 g/mol. The maximum absolute atomic E-state index is 13.0. The number of fused-ring (bicyclic) bond motifs is 5. The van der Waals surface area contributed by atoms with E-state index in [0.29, 0.717) is 6.42 Å². The van der Waals surface area contributed by atoms with Crippen molar-refractivity contribution in [3.63, 3.8) is 0 Å². The smallest absolute Gasteiger partial charge is 0.173 e. The molecule has 0 aromatic heterocycles. The predicted molar refractivity (Wildman–Crippen MR) is 114 cm³/mol. The number of benzene rings is 2. The predicted octanol–water partition coefficient (Wildman–Crippen LogP) is 5.94. The number of para-hydroxylation sites is 1. The second-order valence-corrected chi connectivity index (χ2v) is 9.87. The van der Waals surface area contributed by atoms with Gasteiger partial charge in [0, 0.05) is 47.5 Å². The molecule has 3 aliphatic rings. The lowest BCUT2D eigenvalue weighted by Gasteiger charge is -2.48. The lowest BCUT2D eigenvalue weighted by Crippen LogP contribution is -2.47. The number of anilines is 1. The molecule has 2 heterocycles. The molecule has 2 aliphatic heterocycles. The third-order valence-electron chi connectivity index (χ3n) is 6.18. The fourth-order valence-electron chi connectivity index (χ4n) is 4.95. The second kappa shape index (κ2) is 6.48. The van der Waals surface area contributed by atoms with Gasteiger partial charge in [-0.2, -0.15) is 0 Å². The van der Waals surface area contributed by atoms with Crippen LogP contribution in [0.15, 0.2) is 64.3 Å². The Morgan fingerprint density at radius 3 is 2.64 bits per heavy atom. The van der Waals surface area contributed by atoms with Crippen LogP contribution in [0.1, 0.15) is 50.2 Å². The molecule has 0 saturated carbocycles. The largest absolute Gasteiger partial charge is 0.474 e. The molecule has 0 amide bonds. The summed E-state index contributed by atoms with van der Waals surface area (Å²) in [6.45, 7) is 5.12. The molecule has 2 atom stereocenters. The topological polar surface area (TPSA) is 29.5 Å². The Labute approximate surface area is 174 Å². The number of ether oxygens (including phenoxy) is 1. The number of Topliss-reactive ketones (excluding diaryl/α,β-unsaturated/α-hetero) is 1. The van der Waals surface area contributed by atoms with Gasteiger partial charge < -0.3 is 9.64 Å². The molecule has 0 spiro atoms. The van der Waals surface area contributed by atoms with Gasteiger partial charge in [0.1, 0.15) is 5.76 Å². The molecule has 0 N–H and O–H groups in total. The van der Waals surface area contributed by atoms with E-state index < -0.39 is 0 Å². The molecule has 2 bridgehead atoms. The van der Waals surface area contributed by atoms with E-state index in [1.807, 2.05) is 0 Å². The molecule has 5 rings (SSSR count). The zero-order chi connectivity index (χ0) is 19.5. The zero-order valence-electron chi connectivity index (χ0n) is 16.2. The van der Waals surface area contributed by atoms with Gasteiger partial charge in [-0.15, -0.1) is 0 Å². The highest BCUT2D eigenvalue weighted by Gasteiger charge is 2.46. The summed E-state index contributed by atoms with van der Waals surface area (Å²) >= 11 is 3.52. The van der Waals surface area contributed by atoms with Crippen molar-refractivity contribution in [2.45, 2.75) is 51.8 Å². The van der Waals surface area contributed by atoms with Gasteiger partial charge in [-0.3, -0.25) is 4.79 Å². The molecule has 2 unspecified atom stereocenters. The molecule has 4 heteroatoms. The Kier molecular flexibility index (Phi) is 4.16. The zero-order valence-corrected chi connectivity index (χ0v) is 17.8. The van der Waals surface area contributed by atoms with Gasteiger partial charge in [-0.25, -0.2) is 0 Å². The summed E-state index contributed by atoms with van der Waals surface area (Å²) in [5.41, 5.74) is 4.61. The third kappa shape index (κ3) is 2.98. The first-order chi connectivity index (χ1) is 13.4. The van der Waals surface area contributed by atoms with Gasteiger partial charge >= 0.3 is 0 Å². The first-order valence-electron chi connectivity index (χ1n) is 9.94. The second-order valence-electron chi connectivity index (χ2n) is 8.95. The number of hydrogen-bond donors (Lipinski definition) is 0. The Balaban J connectivity index is 1.57. The minimum atomic E-state index is -0.0302. The van der Waals surface area contributed by atoms with Gasteiger partial charge in [-0.05, 0) is 34.7 Å². The third-order valence-corrected chi connectivity index (χ3v) is 6.71. The van der Waals surface area contributed by atoms with Crippen LogP contribution in [0.4, 0.5) is 5.69 Å². The molecule has 28 heavy (non-hydrogen) atoms. The molecular formula is C24H24BrNO2. The lowest BCUT2D eigenvalue weighted by molar-refractivity contribution is -0.120. The van der Waals surface area contributed by atoms with Crippen molar-refractivity contribution in [1.29, 1.82) is 0 Å². The Morgan fingerprint density at radius 1 is 1.11 bits per heavy atom. The average molecular weight is 438 g/mol. The number of allylic oxidation sites excluding steroid dienone is 2. The summed E-state index contributed by atoms with van der Waals surface area (Å²) in [7, 11) is 0. The maximum Gasteiger partial charge on any atom is 0.173 e. The fraction of sp³-hybridized carbons (Fsp3) is 0.375. The molecule has 0 radical (unpaired) electrons. The number of carbonyl (C=O) groups excluding carboxylic acids is 1. The highest BCUT2D eigenvalue weighted by Crippen LogP contribution is 2.52. The molecule has 144 valence electrons. The van der Waals surface area contributed by atoms with Crippen molar-refractivity contribution in [3.05, 3.63) is 75.5 Å². The highest BCUT2D eigenvalue weighted by molar-refractivity contribution is 9.10. The summed E-state index contributed by atoms with van der Waals surface area (Å²) in [6.07, 6.45) is 2.28. The van der Waals surface area contributed by atoms with E-state index in [0.717, 1.165) is 35.2 Å². The summed E-state index contributed by atoms with van der Waals surface area (Å²) < 4.78 is 7.59. The van der Waals surface area contributed by atoms with Crippen LogP contribution in [0.3, 0.4) is 0 Å². The fourth-order valence-corrected chi connectivity index (χ4v) is 5.21. The highest BCUT2D eigenvalue weighted by atomic mass is 79.9. The number of nitrogens with zero attached hydrogens (tertiary/aromatic N) is 1. The Hall–Kier alpha value is -2.07. The minimum absolute atomic E-state index is 0.0241. The summed E-state index contributed by atoms with van der Waals surface area (Å²) in [5.74, 6) is 1.36. The Bertz CT molecular complexity index is 976. The minimum Gasteiger partial charge on any atom is -0.474 e. The standard InChI is InChI=1S/C24H24BrNO2/c1-24(2)12-20(27)23-18-11-22(28-21(23)13-24)26(19-6-4-3-5-17(18)19)14-15-7-9-16(25)10-8-15/h3-10,18,22H,11-14H2,1-2H3. The van der Waals surface area contributed by atoms with Gasteiger partial charge in [0.2, 0.25) is 0 Å². The number of hydrogen-bond acceptors (Lipinski definition) is 3. The van der Waals surface area contributed by atoms with Crippen LogP contribution in [0.25, 0.3) is 0 Å². The van der Waals surface area contributed by atoms with Crippen molar-refractivity contribution in [3.8, 4) is 0 Å². The lowest BCUT2D eigenvalue weighted by atomic mass is 9.69. The van der Waals surface area contributed by atoms with E-state index in [2.05, 4.69) is 83.2 Å². The molecule has 1 aliphatic carbocycles. The van der Waals surface area contributed by atoms with Crippen molar-refractivity contribution < 1.29 is 9.53 Å². The quantitative estimate of drug-likeness (QED) is 0.581. The molecule has 2 aromatic carbocycles. The van der Waals surface area contributed by atoms with Crippen LogP contribution in [-0.4, -0.2) is 12.0 Å². The van der Waals surface area contributed by atoms with E-state index in [1.54, 1.807) is 0 Å². The summed E-state index contributed by atoms with van der Waals surface area (Å²) in [4.78, 5) is 15.4. The maximum atomic E-state index is 13.0. The van der Waals surface area contributed by atoms with Crippen molar-refractivity contribution in [1.82, 2.24) is 0 Å². The van der Waals surface area contributed by atoms with Crippen LogP contribution in [0.5, 0.6) is 0 Å². The van der Waals surface area contributed by atoms with Crippen LogP contribution in [-0.2, 0) is 16.1 Å². The average Bonchev–Trinajstić information content (AvgIpc) is 2.65. The number of rotatable bonds is 2. The number of halogens is 1. The van der Waals surface area contributed by atoms with Crippen molar-refractivity contribution >= 4 is 27.4 Å². The molecule has 2 aromatic rings. The Morgan fingerprint density at radius 2 is 1.86 bits per heavy atom. The van der Waals surface area contributed by atoms with Crippen molar-refractivity contribution in [2.75, 3.05) is 4.90 Å². The van der Waals surface area contributed by atoms with Crippen molar-refractivity contribution in [2.24, 2.45) is 5.41 Å². The SMILES string of the molecule is CC1(C)CC(=O)C2=C(C1)OC1CC2c2ccccc2N1Cc1ccc(Br)cc1. The van der Waals surface area contributed by atoms with Gasteiger partial charge in [0.05, 0.1) is 0 Å². The summed E-state index contributed by atoms with van der Waals surface area (Å²) in [6, 6.07) is 17.0. The monoisotopic (exact) mass is 437 g/mol. The van der Waals surface area contributed by atoms with Gasteiger partial charge in [0.25, 0.3) is 0 Å². The van der Waals surface area contributed by atoms with Crippen LogP contribution >= 0.6 is 15.9 Å². The molecule has 0 fully saturated rings. The van der Waals surface area contributed by atoms with E-state index >= 15 is 0 Å². The normalized spacial score (nSPS) is 25.1.